The normalized spacial score (nSPS) is 10.2. The first-order chi connectivity index (χ1) is 9.63. The minimum Gasteiger partial charge on any atom is -0.494 e. The van der Waals surface area contributed by atoms with E-state index in [1.807, 2.05) is 52.1 Å². The van der Waals surface area contributed by atoms with Crippen LogP contribution in [0.3, 0.4) is 0 Å². The largest absolute Gasteiger partial charge is 0.494 e. The Hall–Kier alpha value is -2.30. The zero-order valence-electron chi connectivity index (χ0n) is 12.2. The molecule has 1 N–H and O–H groups in total. The lowest BCUT2D eigenvalue weighted by molar-refractivity contribution is 0.339. The van der Waals surface area contributed by atoms with Crippen LogP contribution in [-0.2, 0) is 0 Å². The molecular weight excluding hydrogens is 254 g/mol. The minimum atomic E-state index is 0.561. The molecule has 1 aromatic carbocycles. The standard InChI is InChI=1S/C15H19N3O2/c1-5-19-12-6-8-13(9-7-12)20-15-10(2)14(16-4)17-11(3)18-15/h6-9H,5H2,1-4H3,(H,16,17,18). The van der Waals surface area contributed by atoms with Crippen molar-refractivity contribution in [3.05, 3.63) is 35.7 Å². The predicted octanol–water partition coefficient (Wildman–Crippen LogP) is 3.33. The van der Waals surface area contributed by atoms with Gasteiger partial charge in [-0.25, -0.2) is 4.98 Å². The van der Waals surface area contributed by atoms with Crippen molar-refractivity contribution in [2.75, 3.05) is 19.0 Å². The average molecular weight is 273 g/mol. The molecule has 0 aliphatic rings. The summed E-state index contributed by atoms with van der Waals surface area (Å²) in [5, 5.41) is 3.04. The van der Waals surface area contributed by atoms with Crippen molar-refractivity contribution in [2.45, 2.75) is 20.8 Å². The van der Waals surface area contributed by atoms with E-state index in [1.54, 1.807) is 0 Å². The first-order valence-electron chi connectivity index (χ1n) is 6.57. The van der Waals surface area contributed by atoms with Crippen LogP contribution in [0, 0.1) is 13.8 Å². The van der Waals surface area contributed by atoms with Crippen LogP contribution in [0.5, 0.6) is 17.4 Å². The molecule has 2 aromatic rings. The smallest absolute Gasteiger partial charge is 0.227 e. The quantitative estimate of drug-likeness (QED) is 0.905. The molecule has 0 atom stereocenters. The Bertz CT molecular complexity index is 582. The molecule has 0 saturated heterocycles. The highest BCUT2D eigenvalue weighted by atomic mass is 16.5. The molecule has 0 spiro atoms. The number of hydrogen-bond donors (Lipinski definition) is 1. The molecule has 0 radical (unpaired) electrons. The highest BCUT2D eigenvalue weighted by Crippen LogP contribution is 2.27. The summed E-state index contributed by atoms with van der Waals surface area (Å²) >= 11 is 0. The third kappa shape index (κ3) is 3.17. The Balaban J connectivity index is 2.23. The van der Waals surface area contributed by atoms with Gasteiger partial charge in [-0.1, -0.05) is 0 Å². The number of nitrogens with zero attached hydrogens (tertiary/aromatic N) is 2. The van der Waals surface area contributed by atoms with Gasteiger partial charge < -0.3 is 14.8 Å². The van der Waals surface area contributed by atoms with Gasteiger partial charge in [0.25, 0.3) is 0 Å². The number of ether oxygens (including phenoxy) is 2. The summed E-state index contributed by atoms with van der Waals surface area (Å²) in [5.74, 6) is 3.55. The highest BCUT2D eigenvalue weighted by Gasteiger charge is 2.10. The van der Waals surface area contributed by atoms with Gasteiger partial charge in [0.1, 0.15) is 23.1 Å². The van der Waals surface area contributed by atoms with Gasteiger partial charge in [0.05, 0.1) is 12.2 Å². The number of benzene rings is 1. The maximum Gasteiger partial charge on any atom is 0.227 e. The SMILES string of the molecule is CCOc1ccc(Oc2nc(C)nc(NC)c2C)cc1. The second-order valence-electron chi connectivity index (χ2n) is 4.31. The van der Waals surface area contributed by atoms with Crippen molar-refractivity contribution in [2.24, 2.45) is 0 Å². The summed E-state index contributed by atoms with van der Waals surface area (Å²) in [6.07, 6.45) is 0. The molecule has 0 fully saturated rings. The van der Waals surface area contributed by atoms with Gasteiger partial charge in [-0.05, 0) is 45.0 Å². The van der Waals surface area contributed by atoms with Gasteiger partial charge in [-0.3, -0.25) is 0 Å². The minimum absolute atomic E-state index is 0.561. The van der Waals surface area contributed by atoms with Gasteiger partial charge in [0, 0.05) is 7.05 Å². The van der Waals surface area contributed by atoms with E-state index in [0.717, 1.165) is 22.9 Å². The van der Waals surface area contributed by atoms with E-state index >= 15 is 0 Å². The van der Waals surface area contributed by atoms with E-state index in [2.05, 4.69) is 15.3 Å². The second kappa shape index (κ2) is 6.23. The molecule has 0 amide bonds. The number of hydrogen-bond acceptors (Lipinski definition) is 5. The third-order valence-corrected chi connectivity index (χ3v) is 2.80. The molecule has 20 heavy (non-hydrogen) atoms. The van der Waals surface area contributed by atoms with Gasteiger partial charge in [0.2, 0.25) is 5.88 Å². The van der Waals surface area contributed by atoms with Crippen molar-refractivity contribution in [3.63, 3.8) is 0 Å². The van der Waals surface area contributed by atoms with Gasteiger partial charge >= 0.3 is 0 Å². The van der Waals surface area contributed by atoms with Crippen LogP contribution in [0.2, 0.25) is 0 Å². The molecule has 0 saturated carbocycles. The molecule has 106 valence electrons. The van der Waals surface area contributed by atoms with Gasteiger partial charge in [0.15, 0.2) is 0 Å². The summed E-state index contributed by atoms with van der Waals surface area (Å²) < 4.78 is 11.2. The lowest BCUT2D eigenvalue weighted by Crippen LogP contribution is -2.02. The first kappa shape index (κ1) is 14.1. The number of aryl methyl sites for hydroxylation is 1. The fourth-order valence-corrected chi connectivity index (χ4v) is 1.83. The van der Waals surface area contributed by atoms with Crippen molar-refractivity contribution >= 4 is 5.82 Å². The van der Waals surface area contributed by atoms with Crippen molar-refractivity contribution in [1.82, 2.24) is 9.97 Å². The van der Waals surface area contributed by atoms with E-state index < -0.39 is 0 Å². The first-order valence-corrected chi connectivity index (χ1v) is 6.57. The maximum atomic E-state index is 5.82. The molecule has 5 heteroatoms. The summed E-state index contributed by atoms with van der Waals surface area (Å²) in [6, 6.07) is 7.48. The van der Waals surface area contributed by atoms with Crippen molar-refractivity contribution < 1.29 is 9.47 Å². The third-order valence-electron chi connectivity index (χ3n) is 2.80. The van der Waals surface area contributed by atoms with E-state index in [4.69, 9.17) is 9.47 Å². The van der Waals surface area contributed by atoms with Crippen LogP contribution in [0.1, 0.15) is 18.3 Å². The van der Waals surface area contributed by atoms with Crippen LogP contribution in [0.4, 0.5) is 5.82 Å². The van der Waals surface area contributed by atoms with Gasteiger partial charge in [-0.15, -0.1) is 0 Å². The molecule has 2 rings (SSSR count). The number of rotatable bonds is 5. The summed E-state index contributed by atoms with van der Waals surface area (Å²) in [4.78, 5) is 8.64. The molecule has 1 heterocycles. The number of aromatic nitrogens is 2. The number of nitrogens with one attached hydrogen (secondary N) is 1. The highest BCUT2D eigenvalue weighted by molar-refractivity contribution is 5.49. The van der Waals surface area contributed by atoms with Crippen LogP contribution in [0.15, 0.2) is 24.3 Å². The predicted molar refractivity (Wildman–Crippen MR) is 78.7 cm³/mol. The summed E-state index contributed by atoms with van der Waals surface area (Å²) in [6.45, 7) is 6.37. The molecule has 0 unspecified atom stereocenters. The molecule has 0 bridgehead atoms. The average Bonchev–Trinajstić information content (AvgIpc) is 2.45. The summed E-state index contributed by atoms with van der Waals surface area (Å²) in [5.41, 5.74) is 0.881. The van der Waals surface area contributed by atoms with Crippen molar-refractivity contribution in [3.8, 4) is 17.4 Å². The Morgan fingerprint density at radius 3 is 2.30 bits per heavy atom. The van der Waals surface area contributed by atoms with E-state index in [1.165, 1.54) is 0 Å². The molecule has 1 aromatic heterocycles. The Morgan fingerprint density at radius 1 is 1.05 bits per heavy atom. The van der Waals surface area contributed by atoms with Gasteiger partial charge in [-0.2, -0.15) is 4.98 Å². The molecule has 5 nitrogen and oxygen atoms in total. The molecular formula is C15H19N3O2. The maximum absolute atomic E-state index is 5.82. The van der Waals surface area contributed by atoms with Crippen LogP contribution < -0.4 is 14.8 Å². The lowest BCUT2D eigenvalue weighted by Gasteiger charge is -2.12. The fourth-order valence-electron chi connectivity index (χ4n) is 1.83. The van der Waals surface area contributed by atoms with Crippen LogP contribution in [0.25, 0.3) is 0 Å². The monoisotopic (exact) mass is 273 g/mol. The van der Waals surface area contributed by atoms with E-state index in [-0.39, 0.29) is 0 Å². The van der Waals surface area contributed by atoms with Crippen LogP contribution >= 0.6 is 0 Å². The topological polar surface area (TPSA) is 56.3 Å². The van der Waals surface area contributed by atoms with E-state index in [0.29, 0.717) is 18.3 Å². The lowest BCUT2D eigenvalue weighted by atomic mass is 10.3. The fraction of sp³-hybridized carbons (Fsp3) is 0.333. The molecule has 0 aliphatic heterocycles. The molecule has 0 aliphatic carbocycles. The second-order valence-corrected chi connectivity index (χ2v) is 4.31. The van der Waals surface area contributed by atoms with Crippen molar-refractivity contribution in [1.29, 1.82) is 0 Å². The Morgan fingerprint density at radius 2 is 1.70 bits per heavy atom. The summed E-state index contributed by atoms with van der Waals surface area (Å²) in [7, 11) is 1.83. The van der Waals surface area contributed by atoms with E-state index in [9.17, 15) is 0 Å². The Labute approximate surface area is 119 Å². The zero-order valence-corrected chi connectivity index (χ0v) is 12.2. The van der Waals surface area contributed by atoms with Crippen LogP contribution in [-0.4, -0.2) is 23.6 Å². The Kier molecular flexibility index (Phi) is 4.40. The zero-order chi connectivity index (χ0) is 14.5. The number of anilines is 1.